The molecule has 0 spiro atoms. The van der Waals surface area contributed by atoms with Gasteiger partial charge < -0.3 is 5.11 Å². The molecule has 2 saturated carbocycles. The van der Waals surface area contributed by atoms with E-state index in [1.807, 2.05) is 0 Å². The van der Waals surface area contributed by atoms with E-state index in [9.17, 15) is 9.59 Å². The molecule has 4 unspecified atom stereocenters. The van der Waals surface area contributed by atoms with Crippen molar-refractivity contribution in [3.8, 4) is 0 Å². The summed E-state index contributed by atoms with van der Waals surface area (Å²) in [6.45, 7) is 4.53. The van der Waals surface area contributed by atoms with Crippen LogP contribution in [0.5, 0.6) is 0 Å². The maximum Gasteiger partial charge on any atom is 0.303 e. The van der Waals surface area contributed by atoms with E-state index in [0.29, 0.717) is 29.5 Å². The summed E-state index contributed by atoms with van der Waals surface area (Å²) in [5.74, 6) is 2.63. The Hall–Kier alpha value is -1.12. The maximum absolute atomic E-state index is 12.1. The zero-order valence-corrected chi connectivity index (χ0v) is 15.4. The van der Waals surface area contributed by atoms with Crippen LogP contribution in [0.1, 0.15) is 78.1 Å². The molecule has 0 amide bonds. The molecule has 2 aliphatic carbocycles. The van der Waals surface area contributed by atoms with Crippen LogP contribution < -0.4 is 0 Å². The Morgan fingerprint density at radius 3 is 2.71 bits per heavy atom. The predicted octanol–water partition coefficient (Wildman–Crippen LogP) is 5.25. The van der Waals surface area contributed by atoms with E-state index in [2.05, 4.69) is 26.0 Å². The van der Waals surface area contributed by atoms with Crippen LogP contribution in [-0.4, -0.2) is 16.9 Å². The predicted molar refractivity (Wildman–Crippen MR) is 96.8 cm³/mol. The van der Waals surface area contributed by atoms with Crippen molar-refractivity contribution in [3.63, 3.8) is 0 Å². The number of unbranched alkanes of at least 4 members (excludes halogenated alkanes) is 4. The molecule has 0 aliphatic heterocycles. The largest absolute Gasteiger partial charge is 0.481 e. The first-order valence-electron chi connectivity index (χ1n) is 9.97. The van der Waals surface area contributed by atoms with E-state index in [-0.39, 0.29) is 12.3 Å². The summed E-state index contributed by atoms with van der Waals surface area (Å²) in [5, 5.41) is 8.63. The van der Waals surface area contributed by atoms with Gasteiger partial charge in [0.2, 0.25) is 0 Å². The van der Waals surface area contributed by atoms with Crippen LogP contribution in [0.15, 0.2) is 12.2 Å². The second kappa shape index (κ2) is 9.39. The Morgan fingerprint density at radius 2 is 2.00 bits per heavy atom. The molecule has 0 bridgehead atoms. The Balaban J connectivity index is 1.66. The fourth-order valence-electron chi connectivity index (χ4n) is 4.42. The van der Waals surface area contributed by atoms with E-state index in [1.54, 1.807) is 0 Å². The minimum atomic E-state index is -0.704. The van der Waals surface area contributed by atoms with E-state index < -0.39 is 5.97 Å². The van der Waals surface area contributed by atoms with Gasteiger partial charge in [-0.25, -0.2) is 0 Å². The number of rotatable bonds is 12. The minimum absolute atomic E-state index is 0.274. The molecule has 0 aromatic rings. The summed E-state index contributed by atoms with van der Waals surface area (Å²) in [4.78, 5) is 22.6. The van der Waals surface area contributed by atoms with E-state index >= 15 is 0 Å². The third-order valence-corrected chi connectivity index (χ3v) is 5.94. The van der Waals surface area contributed by atoms with Crippen molar-refractivity contribution in [3.05, 3.63) is 12.2 Å². The van der Waals surface area contributed by atoms with Gasteiger partial charge in [0.1, 0.15) is 5.78 Å². The van der Waals surface area contributed by atoms with Crippen LogP contribution in [0, 0.1) is 29.6 Å². The molecule has 3 nitrogen and oxygen atoms in total. The molecule has 0 aromatic heterocycles. The summed E-state index contributed by atoms with van der Waals surface area (Å²) in [6, 6.07) is 0. The van der Waals surface area contributed by atoms with Crippen molar-refractivity contribution in [1.82, 2.24) is 0 Å². The lowest BCUT2D eigenvalue weighted by molar-refractivity contribution is -0.137. The number of carboxylic acid groups (broad SMARTS) is 1. The number of carbonyl (C=O) groups is 2. The Bertz CT molecular complexity index is 454. The van der Waals surface area contributed by atoms with Gasteiger partial charge >= 0.3 is 5.97 Å². The van der Waals surface area contributed by atoms with Crippen molar-refractivity contribution >= 4 is 11.8 Å². The number of Topliss-reactive ketones (excluding diaryl/α,β-unsaturated/α-hetero) is 1. The third-order valence-electron chi connectivity index (χ3n) is 5.94. The lowest BCUT2D eigenvalue weighted by Crippen LogP contribution is -2.13. The lowest BCUT2D eigenvalue weighted by atomic mass is 9.92. The molecule has 0 saturated heterocycles. The van der Waals surface area contributed by atoms with Crippen LogP contribution in [0.3, 0.4) is 0 Å². The van der Waals surface area contributed by atoms with Crippen LogP contribution >= 0.6 is 0 Å². The van der Waals surface area contributed by atoms with E-state index in [1.165, 1.54) is 19.3 Å². The number of fused-ring (bicyclic) bond motifs is 1. The smallest absolute Gasteiger partial charge is 0.303 e. The van der Waals surface area contributed by atoms with Gasteiger partial charge in [-0.05, 0) is 42.9 Å². The van der Waals surface area contributed by atoms with E-state index in [0.717, 1.165) is 38.5 Å². The first-order chi connectivity index (χ1) is 11.5. The second-order valence-corrected chi connectivity index (χ2v) is 7.95. The normalized spacial score (nSPS) is 29.8. The fraction of sp³-hybridized carbons (Fsp3) is 0.810. The molecule has 0 aromatic carbocycles. The highest BCUT2D eigenvalue weighted by atomic mass is 16.4. The Kier molecular flexibility index (Phi) is 7.51. The van der Waals surface area contributed by atoms with Gasteiger partial charge in [-0.2, -0.15) is 0 Å². The second-order valence-electron chi connectivity index (χ2n) is 7.95. The molecule has 136 valence electrons. The average Bonchev–Trinajstić information content (AvgIpc) is 3.10. The van der Waals surface area contributed by atoms with E-state index in [4.69, 9.17) is 5.11 Å². The molecule has 2 rings (SSSR count). The third kappa shape index (κ3) is 5.46. The van der Waals surface area contributed by atoms with Crippen LogP contribution in [0.2, 0.25) is 0 Å². The van der Waals surface area contributed by atoms with Gasteiger partial charge in [0.15, 0.2) is 0 Å². The zero-order valence-electron chi connectivity index (χ0n) is 15.4. The minimum Gasteiger partial charge on any atom is -0.481 e. The molecule has 0 radical (unpaired) electrons. The first kappa shape index (κ1) is 19.2. The quantitative estimate of drug-likeness (QED) is 0.392. The van der Waals surface area contributed by atoms with Gasteiger partial charge in [-0.3, -0.25) is 9.59 Å². The molecule has 5 atom stereocenters. The molecule has 0 heterocycles. The summed E-state index contributed by atoms with van der Waals surface area (Å²) >= 11 is 0. The molecule has 24 heavy (non-hydrogen) atoms. The fourth-order valence-corrected chi connectivity index (χ4v) is 4.42. The highest BCUT2D eigenvalue weighted by Gasteiger charge is 2.59. The maximum atomic E-state index is 12.1. The van der Waals surface area contributed by atoms with Crippen LogP contribution in [0.4, 0.5) is 0 Å². The van der Waals surface area contributed by atoms with Crippen LogP contribution in [0.25, 0.3) is 0 Å². The van der Waals surface area contributed by atoms with Crippen molar-refractivity contribution in [1.29, 1.82) is 0 Å². The van der Waals surface area contributed by atoms with Crippen molar-refractivity contribution in [2.45, 2.75) is 78.1 Å². The standard InChI is InChI=1S/C21H34O3/c1-3-4-9-15(2)12-13-16-18-14-19(22)17(21(16)18)10-7-5-6-8-11-20(23)24/h12-13,15-18,21H,3-11,14H2,1-2H3,(H,23,24)/b13-12+/t15?,16?,17-,18?,21?/m1/s1. The number of allylic oxidation sites excluding steroid dienone is 2. The number of aliphatic carboxylic acids is 1. The average molecular weight is 335 g/mol. The Morgan fingerprint density at radius 1 is 1.25 bits per heavy atom. The summed E-state index contributed by atoms with van der Waals surface area (Å²) < 4.78 is 0. The van der Waals surface area contributed by atoms with Crippen molar-refractivity contribution < 1.29 is 14.7 Å². The van der Waals surface area contributed by atoms with Gasteiger partial charge in [-0.15, -0.1) is 0 Å². The van der Waals surface area contributed by atoms with Crippen molar-refractivity contribution in [2.24, 2.45) is 29.6 Å². The molecule has 1 N–H and O–H groups in total. The molecule has 2 aliphatic rings. The molecular formula is C21H34O3. The lowest BCUT2D eigenvalue weighted by Gasteiger charge is -2.12. The summed E-state index contributed by atoms with van der Waals surface area (Å²) in [7, 11) is 0. The number of hydrogen-bond donors (Lipinski definition) is 1. The molecule has 3 heteroatoms. The van der Waals surface area contributed by atoms with Gasteiger partial charge in [0.05, 0.1) is 0 Å². The highest BCUT2D eigenvalue weighted by molar-refractivity contribution is 5.85. The SMILES string of the molecule is CCCCC(C)/C=C/C1C2CC(=O)[C@@H](CCCCCCC(=O)O)C12. The topological polar surface area (TPSA) is 54.4 Å². The number of ketones is 1. The molecule has 2 fully saturated rings. The zero-order chi connectivity index (χ0) is 17.5. The number of carboxylic acids is 1. The first-order valence-corrected chi connectivity index (χ1v) is 9.97. The van der Waals surface area contributed by atoms with Gasteiger partial charge in [-0.1, -0.05) is 58.1 Å². The molecular weight excluding hydrogens is 300 g/mol. The van der Waals surface area contributed by atoms with Crippen molar-refractivity contribution in [2.75, 3.05) is 0 Å². The summed E-state index contributed by atoms with van der Waals surface area (Å²) in [5.41, 5.74) is 0. The monoisotopic (exact) mass is 334 g/mol. The van der Waals surface area contributed by atoms with Crippen LogP contribution in [-0.2, 0) is 9.59 Å². The number of carbonyl (C=O) groups excluding carboxylic acids is 1. The van der Waals surface area contributed by atoms with Gasteiger partial charge in [0.25, 0.3) is 0 Å². The highest BCUT2D eigenvalue weighted by Crippen LogP contribution is 2.60. The number of hydrogen-bond acceptors (Lipinski definition) is 2. The Labute approximate surface area is 146 Å². The summed E-state index contributed by atoms with van der Waals surface area (Å²) in [6.07, 6.45) is 14.6. The van der Waals surface area contributed by atoms with Gasteiger partial charge in [0, 0.05) is 18.8 Å².